The maximum atomic E-state index is 10.6. The number of nitrogens with zero attached hydrogens (tertiary/aromatic N) is 1. The van der Waals surface area contributed by atoms with Crippen LogP contribution in [0.5, 0.6) is 0 Å². The Labute approximate surface area is 91.6 Å². The van der Waals surface area contributed by atoms with Crippen LogP contribution in [0, 0.1) is 0 Å². The Morgan fingerprint density at radius 2 is 2.00 bits per heavy atom. The number of likely N-dealkylation sites (tertiary alicyclic amines) is 1. The number of hydrogen-bond acceptors (Lipinski definition) is 2. The molecule has 82 valence electrons. The van der Waals surface area contributed by atoms with E-state index in [1.165, 1.54) is 0 Å². The van der Waals surface area contributed by atoms with Gasteiger partial charge in [0.2, 0.25) is 0 Å². The first-order valence-electron chi connectivity index (χ1n) is 5.65. The molecule has 0 atom stereocenters. The number of hydrogen-bond donors (Lipinski definition) is 1. The number of allylic oxidation sites excluding steroid dienone is 4. The highest BCUT2D eigenvalue weighted by molar-refractivity contribution is 5.35. The third kappa shape index (κ3) is 2.39. The van der Waals surface area contributed by atoms with Crippen molar-refractivity contribution in [3.05, 3.63) is 36.0 Å². The summed E-state index contributed by atoms with van der Waals surface area (Å²) in [6.45, 7) is 1.96. The number of aliphatic hydroxyl groups is 1. The van der Waals surface area contributed by atoms with E-state index in [9.17, 15) is 5.11 Å². The van der Waals surface area contributed by atoms with Crippen LogP contribution in [0.15, 0.2) is 36.0 Å². The SMILES string of the molecule is CN1CCC(O)(C2=CC=CCC=C2)CC1. The standard InChI is InChI=1S/C13H19NO/c1-14-10-8-13(15,9-11-14)12-6-4-2-3-5-7-12/h2,4-7,15H,3,8-11H2,1H3. The molecule has 2 nitrogen and oxygen atoms in total. The summed E-state index contributed by atoms with van der Waals surface area (Å²) in [4.78, 5) is 2.27. The Morgan fingerprint density at radius 1 is 1.27 bits per heavy atom. The molecule has 0 aromatic heterocycles. The molecular weight excluding hydrogens is 186 g/mol. The van der Waals surface area contributed by atoms with E-state index >= 15 is 0 Å². The Bertz CT molecular complexity index is 306. The summed E-state index contributed by atoms with van der Waals surface area (Å²) in [6.07, 6.45) is 13.1. The molecule has 2 heteroatoms. The minimum absolute atomic E-state index is 0.600. The predicted molar refractivity (Wildman–Crippen MR) is 62.7 cm³/mol. The molecule has 1 aliphatic carbocycles. The summed E-state index contributed by atoms with van der Waals surface area (Å²) >= 11 is 0. The average Bonchev–Trinajstić information content (AvgIpc) is 2.51. The van der Waals surface area contributed by atoms with Gasteiger partial charge in [0.25, 0.3) is 0 Å². The number of piperidine rings is 1. The van der Waals surface area contributed by atoms with Gasteiger partial charge in [0.1, 0.15) is 0 Å². The Balaban J connectivity index is 2.14. The second-order valence-electron chi connectivity index (χ2n) is 4.52. The minimum Gasteiger partial charge on any atom is -0.385 e. The van der Waals surface area contributed by atoms with Crippen LogP contribution >= 0.6 is 0 Å². The van der Waals surface area contributed by atoms with E-state index in [1.54, 1.807) is 0 Å². The molecule has 1 N–H and O–H groups in total. The fraction of sp³-hybridized carbons (Fsp3) is 0.538. The average molecular weight is 205 g/mol. The van der Waals surface area contributed by atoms with Crippen LogP contribution in [0.1, 0.15) is 19.3 Å². The van der Waals surface area contributed by atoms with E-state index in [-0.39, 0.29) is 0 Å². The van der Waals surface area contributed by atoms with E-state index in [4.69, 9.17) is 0 Å². The lowest BCUT2D eigenvalue weighted by molar-refractivity contribution is 0.0192. The van der Waals surface area contributed by atoms with Crippen molar-refractivity contribution in [1.29, 1.82) is 0 Å². The summed E-state index contributed by atoms with van der Waals surface area (Å²) in [7, 11) is 2.11. The van der Waals surface area contributed by atoms with Crippen LogP contribution in [-0.2, 0) is 0 Å². The molecule has 0 aromatic rings. The maximum Gasteiger partial charge on any atom is 0.0920 e. The van der Waals surface area contributed by atoms with E-state index in [2.05, 4.69) is 36.3 Å². The van der Waals surface area contributed by atoms with Crippen LogP contribution in [-0.4, -0.2) is 35.7 Å². The molecule has 0 spiro atoms. The molecule has 15 heavy (non-hydrogen) atoms. The monoisotopic (exact) mass is 205 g/mol. The fourth-order valence-corrected chi connectivity index (χ4v) is 2.17. The molecule has 1 fully saturated rings. The van der Waals surface area contributed by atoms with Gasteiger partial charge in [-0.25, -0.2) is 0 Å². The first kappa shape index (κ1) is 10.7. The minimum atomic E-state index is -0.600. The quantitative estimate of drug-likeness (QED) is 0.706. The lowest BCUT2D eigenvalue weighted by Crippen LogP contribution is -2.43. The van der Waals surface area contributed by atoms with Crippen molar-refractivity contribution in [1.82, 2.24) is 4.90 Å². The Kier molecular flexibility index (Phi) is 3.08. The smallest absolute Gasteiger partial charge is 0.0920 e. The molecule has 0 unspecified atom stereocenters. The molecule has 1 saturated heterocycles. The topological polar surface area (TPSA) is 23.5 Å². The normalized spacial score (nSPS) is 26.1. The predicted octanol–water partition coefficient (Wildman–Crippen LogP) is 1.89. The molecule has 0 aromatic carbocycles. The lowest BCUT2D eigenvalue weighted by atomic mass is 9.84. The molecular formula is C13H19NO. The Morgan fingerprint density at radius 3 is 2.73 bits per heavy atom. The second-order valence-corrected chi connectivity index (χ2v) is 4.52. The zero-order valence-electron chi connectivity index (χ0n) is 9.32. The zero-order valence-corrected chi connectivity index (χ0v) is 9.32. The highest BCUT2D eigenvalue weighted by Gasteiger charge is 2.33. The van der Waals surface area contributed by atoms with Gasteiger partial charge in [-0.3, -0.25) is 0 Å². The van der Waals surface area contributed by atoms with Gasteiger partial charge in [-0.2, -0.15) is 0 Å². The van der Waals surface area contributed by atoms with Crippen LogP contribution in [0.2, 0.25) is 0 Å². The molecule has 1 heterocycles. The molecule has 1 aliphatic heterocycles. The van der Waals surface area contributed by atoms with E-state index in [0.717, 1.165) is 37.9 Å². The molecule has 2 aliphatic rings. The first-order chi connectivity index (χ1) is 7.21. The molecule has 0 saturated carbocycles. The first-order valence-corrected chi connectivity index (χ1v) is 5.65. The van der Waals surface area contributed by atoms with Crippen molar-refractivity contribution in [2.24, 2.45) is 0 Å². The van der Waals surface area contributed by atoms with Crippen molar-refractivity contribution >= 4 is 0 Å². The summed E-state index contributed by atoms with van der Waals surface area (Å²) in [5.74, 6) is 0. The van der Waals surface area contributed by atoms with Crippen molar-refractivity contribution in [2.75, 3.05) is 20.1 Å². The summed E-state index contributed by atoms with van der Waals surface area (Å²) in [5.41, 5.74) is 0.474. The zero-order chi connectivity index (χ0) is 10.7. The van der Waals surface area contributed by atoms with Crippen molar-refractivity contribution in [3.8, 4) is 0 Å². The van der Waals surface area contributed by atoms with E-state index in [1.807, 2.05) is 6.08 Å². The maximum absolute atomic E-state index is 10.6. The van der Waals surface area contributed by atoms with Crippen LogP contribution in [0.4, 0.5) is 0 Å². The largest absolute Gasteiger partial charge is 0.385 e. The van der Waals surface area contributed by atoms with Crippen molar-refractivity contribution < 1.29 is 5.11 Å². The van der Waals surface area contributed by atoms with Gasteiger partial charge in [-0.1, -0.05) is 30.4 Å². The van der Waals surface area contributed by atoms with E-state index < -0.39 is 5.60 Å². The summed E-state index contributed by atoms with van der Waals surface area (Å²) in [6, 6.07) is 0. The van der Waals surface area contributed by atoms with Gasteiger partial charge in [0.15, 0.2) is 0 Å². The van der Waals surface area contributed by atoms with Gasteiger partial charge in [-0.05, 0) is 31.9 Å². The van der Waals surface area contributed by atoms with Gasteiger partial charge >= 0.3 is 0 Å². The highest BCUT2D eigenvalue weighted by Crippen LogP contribution is 2.30. The number of rotatable bonds is 1. The van der Waals surface area contributed by atoms with Gasteiger partial charge in [-0.15, -0.1) is 0 Å². The Hall–Kier alpha value is -0.860. The molecule has 0 bridgehead atoms. The van der Waals surface area contributed by atoms with Gasteiger partial charge in [0.05, 0.1) is 5.60 Å². The third-order valence-electron chi connectivity index (χ3n) is 3.33. The molecule has 0 amide bonds. The highest BCUT2D eigenvalue weighted by atomic mass is 16.3. The third-order valence-corrected chi connectivity index (χ3v) is 3.33. The lowest BCUT2D eigenvalue weighted by Gasteiger charge is -2.37. The van der Waals surface area contributed by atoms with Crippen LogP contribution in [0.3, 0.4) is 0 Å². The van der Waals surface area contributed by atoms with Gasteiger partial charge in [0, 0.05) is 13.1 Å². The molecule has 2 rings (SSSR count). The summed E-state index contributed by atoms with van der Waals surface area (Å²) < 4.78 is 0. The molecule has 0 radical (unpaired) electrons. The van der Waals surface area contributed by atoms with Crippen LogP contribution in [0.25, 0.3) is 0 Å². The van der Waals surface area contributed by atoms with Crippen LogP contribution < -0.4 is 0 Å². The van der Waals surface area contributed by atoms with Crippen molar-refractivity contribution in [2.45, 2.75) is 24.9 Å². The second kappa shape index (κ2) is 4.33. The van der Waals surface area contributed by atoms with E-state index in [0.29, 0.717) is 0 Å². The van der Waals surface area contributed by atoms with Crippen molar-refractivity contribution in [3.63, 3.8) is 0 Å². The summed E-state index contributed by atoms with van der Waals surface area (Å²) in [5, 5.41) is 10.6. The fourth-order valence-electron chi connectivity index (χ4n) is 2.17. The van der Waals surface area contributed by atoms with Gasteiger partial charge < -0.3 is 10.0 Å².